The summed E-state index contributed by atoms with van der Waals surface area (Å²) in [5.41, 5.74) is 7.49. The summed E-state index contributed by atoms with van der Waals surface area (Å²) in [6, 6.07) is 5.06. The minimum Gasteiger partial charge on any atom is -0.479 e. The number of nitrogens with zero attached hydrogens (tertiary/aromatic N) is 3. The molecule has 28 heavy (non-hydrogen) atoms. The number of carboxylic acids is 1. The Balaban J connectivity index is 1.80. The molecule has 2 aromatic heterocycles. The molecule has 11 nitrogen and oxygen atoms in total. The van der Waals surface area contributed by atoms with E-state index in [2.05, 4.69) is 9.97 Å². The first-order chi connectivity index (χ1) is 13.3. The lowest BCUT2D eigenvalue weighted by atomic mass is 9.99. The molecule has 5 atom stereocenters. The van der Waals surface area contributed by atoms with E-state index in [9.17, 15) is 25.2 Å². The molecule has 1 fully saturated rings. The third-order valence-electron chi connectivity index (χ3n) is 4.79. The Hall–Kier alpha value is -2.99. The number of nitrogen functional groups attached to an aromatic ring is 1. The van der Waals surface area contributed by atoms with E-state index in [-0.39, 0.29) is 11.7 Å². The number of benzene rings is 1. The molecule has 0 aliphatic carbocycles. The molecule has 3 heterocycles. The summed E-state index contributed by atoms with van der Waals surface area (Å²) in [5.74, 6) is -1.05. The van der Waals surface area contributed by atoms with Crippen molar-refractivity contribution in [1.82, 2.24) is 14.5 Å². The number of imidazole rings is 1. The van der Waals surface area contributed by atoms with Crippen LogP contribution in [0.4, 0.5) is 5.95 Å². The van der Waals surface area contributed by atoms with Gasteiger partial charge in [0.1, 0.15) is 29.3 Å². The molecule has 3 aromatic rings. The van der Waals surface area contributed by atoms with Gasteiger partial charge in [0.05, 0.1) is 5.52 Å². The fourth-order valence-corrected chi connectivity index (χ4v) is 3.24. The third-order valence-corrected chi connectivity index (χ3v) is 4.79. The largest absolute Gasteiger partial charge is 0.479 e. The maximum atomic E-state index is 11.3. The monoisotopic (exact) mass is 390 g/mol. The predicted octanol–water partition coefficient (Wildman–Crippen LogP) is -1.03. The number of pyridine rings is 1. The highest BCUT2D eigenvalue weighted by atomic mass is 16.7. The molecular weight excluding hydrogens is 372 g/mol. The van der Waals surface area contributed by atoms with Gasteiger partial charge in [-0.2, -0.15) is 0 Å². The summed E-state index contributed by atoms with van der Waals surface area (Å²) >= 11 is 0. The molecule has 148 valence electrons. The number of anilines is 1. The summed E-state index contributed by atoms with van der Waals surface area (Å²) in [4.78, 5) is 19.9. The van der Waals surface area contributed by atoms with Gasteiger partial charge >= 0.3 is 5.97 Å². The van der Waals surface area contributed by atoms with Gasteiger partial charge in [0.25, 0.3) is 0 Å². The van der Waals surface area contributed by atoms with Crippen LogP contribution in [0.25, 0.3) is 21.9 Å². The van der Waals surface area contributed by atoms with Crippen molar-refractivity contribution in [2.24, 2.45) is 7.05 Å². The standard InChI is InChI=1S/C17H18N4O7/c1-21-7-5-8(10-6(3-2-4-19-10)9(7)20-17(21)18)27-16-13(24)11(22)12(23)14(28-16)15(25)26/h2-5,11-14,16,22-24H,1H3,(H2,18,20)(H,25,26)/t11-,12-,13+,14-,16+/m0/s1. The molecule has 0 amide bonds. The second kappa shape index (κ2) is 6.56. The summed E-state index contributed by atoms with van der Waals surface area (Å²) in [6.45, 7) is 0. The van der Waals surface area contributed by atoms with Crippen molar-refractivity contribution >= 4 is 33.9 Å². The Labute approximate surface area is 157 Å². The van der Waals surface area contributed by atoms with Crippen molar-refractivity contribution in [2.75, 3.05) is 5.73 Å². The number of fused-ring (bicyclic) bond motifs is 3. The number of nitrogens with two attached hydrogens (primary N) is 1. The van der Waals surface area contributed by atoms with Gasteiger partial charge in [-0.1, -0.05) is 0 Å². The summed E-state index contributed by atoms with van der Waals surface area (Å²) in [5, 5.41) is 39.8. The van der Waals surface area contributed by atoms with Gasteiger partial charge in [-0.05, 0) is 12.1 Å². The summed E-state index contributed by atoms with van der Waals surface area (Å²) in [6.07, 6.45) is -7.04. The number of carbonyl (C=O) groups is 1. The second-order valence-electron chi connectivity index (χ2n) is 6.52. The van der Waals surface area contributed by atoms with Crippen molar-refractivity contribution in [1.29, 1.82) is 0 Å². The van der Waals surface area contributed by atoms with E-state index in [0.717, 1.165) is 0 Å². The maximum Gasteiger partial charge on any atom is 0.335 e. The number of hydrogen-bond donors (Lipinski definition) is 5. The molecule has 4 rings (SSSR count). The average Bonchev–Trinajstić information content (AvgIpc) is 2.96. The molecule has 6 N–H and O–H groups in total. The van der Waals surface area contributed by atoms with Crippen LogP contribution in [0.5, 0.6) is 5.75 Å². The van der Waals surface area contributed by atoms with Gasteiger partial charge in [-0.15, -0.1) is 0 Å². The number of ether oxygens (including phenoxy) is 2. The summed E-state index contributed by atoms with van der Waals surface area (Å²) in [7, 11) is 1.71. The van der Waals surface area contributed by atoms with Gasteiger partial charge < -0.3 is 40.2 Å². The Morgan fingerprint density at radius 1 is 1.25 bits per heavy atom. The quantitative estimate of drug-likeness (QED) is 0.372. The SMILES string of the molecule is Cn1c(N)nc2c3cccnc3c(O[C@@H]3O[C@H](C(=O)O)[C@@H](O)[C@H](O)[C@H]3O)cc21. The van der Waals surface area contributed by atoms with Crippen LogP contribution in [0.15, 0.2) is 24.4 Å². The van der Waals surface area contributed by atoms with Crippen LogP contribution in [0.1, 0.15) is 0 Å². The Morgan fingerprint density at radius 3 is 2.71 bits per heavy atom. The maximum absolute atomic E-state index is 11.3. The number of aromatic nitrogens is 3. The zero-order valence-corrected chi connectivity index (χ0v) is 14.6. The molecule has 0 spiro atoms. The van der Waals surface area contributed by atoms with Crippen LogP contribution in [0.2, 0.25) is 0 Å². The molecule has 1 aromatic carbocycles. The smallest absolute Gasteiger partial charge is 0.335 e. The van der Waals surface area contributed by atoms with Crippen molar-refractivity contribution in [2.45, 2.75) is 30.7 Å². The Kier molecular flexibility index (Phi) is 4.31. The Morgan fingerprint density at radius 2 is 2.00 bits per heavy atom. The van der Waals surface area contributed by atoms with E-state index in [1.807, 2.05) is 0 Å². The molecule has 0 bridgehead atoms. The summed E-state index contributed by atoms with van der Waals surface area (Å²) < 4.78 is 12.5. The molecule has 0 unspecified atom stereocenters. The minimum absolute atomic E-state index is 0.169. The van der Waals surface area contributed by atoms with Crippen LogP contribution in [0.3, 0.4) is 0 Å². The highest BCUT2D eigenvalue weighted by Gasteiger charge is 2.48. The zero-order chi connectivity index (χ0) is 20.2. The third kappa shape index (κ3) is 2.72. The normalized spacial score (nSPS) is 27.9. The van der Waals surface area contributed by atoms with Crippen LogP contribution in [-0.2, 0) is 16.6 Å². The minimum atomic E-state index is -1.80. The van der Waals surface area contributed by atoms with E-state index in [1.165, 1.54) is 6.20 Å². The number of hydrogen-bond acceptors (Lipinski definition) is 9. The number of aliphatic hydroxyl groups excluding tert-OH is 3. The van der Waals surface area contributed by atoms with Gasteiger partial charge in [-0.25, -0.2) is 9.78 Å². The van der Waals surface area contributed by atoms with Crippen molar-refractivity contribution in [3.05, 3.63) is 24.4 Å². The van der Waals surface area contributed by atoms with Crippen molar-refractivity contribution < 1.29 is 34.7 Å². The lowest BCUT2D eigenvalue weighted by molar-refractivity contribution is -0.270. The molecule has 0 saturated carbocycles. The number of aliphatic hydroxyl groups is 3. The van der Waals surface area contributed by atoms with Gasteiger partial charge in [-0.3, -0.25) is 4.98 Å². The van der Waals surface area contributed by atoms with Crippen LogP contribution < -0.4 is 10.5 Å². The molecule has 1 saturated heterocycles. The van der Waals surface area contributed by atoms with Crippen LogP contribution in [-0.4, -0.2) is 71.6 Å². The van der Waals surface area contributed by atoms with E-state index in [0.29, 0.717) is 21.9 Å². The molecule has 1 aliphatic rings. The first-order valence-corrected chi connectivity index (χ1v) is 8.38. The lowest BCUT2D eigenvalue weighted by Crippen LogP contribution is -2.61. The fourth-order valence-electron chi connectivity index (χ4n) is 3.24. The molecule has 0 radical (unpaired) electrons. The highest BCUT2D eigenvalue weighted by Crippen LogP contribution is 2.34. The number of rotatable bonds is 3. The van der Waals surface area contributed by atoms with Crippen molar-refractivity contribution in [3.8, 4) is 5.75 Å². The number of aryl methyl sites for hydroxylation is 1. The van der Waals surface area contributed by atoms with E-state index in [1.54, 1.807) is 29.8 Å². The predicted molar refractivity (Wildman–Crippen MR) is 95.4 cm³/mol. The zero-order valence-electron chi connectivity index (χ0n) is 14.6. The number of carboxylic acid groups (broad SMARTS) is 1. The molecule has 1 aliphatic heterocycles. The molecular formula is C17H18N4O7. The Bertz CT molecular complexity index is 1070. The average molecular weight is 390 g/mol. The van der Waals surface area contributed by atoms with Crippen LogP contribution >= 0.6 is 0 Å². The second-order valence-corrected chi connectivity index (χ2v) is 6.52. The highest BCUT2D eigenvalue weighted by molar-refractivity contribution is 6.06. The van der Waals surface area contributed by atoms with Gasteiger partial charge in [0.15, 0.2) is 11.9 Å². The number of aliphatic carboxylic acids is 1. The van der Waals surface area contributed by atoms with E-state index in [4.69, 9.17) is 15.2 Å². The fraction of sp³-hybridized carbons (Fsp3) is 0.353. The first kappa shape index (κ1) is 18.4. The lowest BCUT2D eigenvalue weighted by Gasteiger charge is -2.38. The first-order valence-electron chi connectivity index (χ1n) is 8.38. The van der Waals surface area contributed by atoms with Gasteiger partial charge in [0, 0.05) is 24.7 Å². The topological polar surface area (TPSA) is 173 Å². The molecule has 11 heteroatoms. The van der Waals surface area contributed by atoms with E-state index < -0.39 is 36.7 Å². The van der Waals surface area contributed by atoms with Crippen molar-refractivity contribution in [3.63, 3.8) is 0 Å². The van der Waals surface area contributed by atoms with Gasteiger partial charge in [0.2, 0.25) is 12.2 Å². The van der Waals surface area contributed by atoms with E-state index >= 15 is 0 Å². The van der Waals surface area contributed by atoms with Crippen LogP contribution in [0, 0.1) is 0 Å².